The number of benzene rings is 4. The lowest BCUT2D eigenvalue weighted by Gasteiger charge is -2.44. The van der Waals surface area contributed by atoms with Crippen LogP contribution in [0.5, 0.6) is 0 Å². The van der Waals surface area contributed by atoms with Crippen LogP contribution in [0.25, 0.3) is 0 Å². The fourth-order valence-electron chi connectivity index (χ4n) is 7.52. The van der Waals surface area contributed by atoms with Gasteiger partial charge in [-0.2, -0.15) is 0 Å². The zero-order valence-electron chi connectivity index (χ0n) is 36.8. The lowest BCUT2D eigenvalue weighted by Crippen LogP contribution is -2.66. The molecule has 0 bridgehead atoms. The highest BCUT2D eigenvalue weighted by molar-refractivity contribution is 5.97. The molecule has 15 nitrogen and oxygen atoms in total. The van der Waals surface area contributed by atoms with Crippen LogP contribution in [0.2, 0.25) is 0 Å². The third-order valence-corrected chi connectivity index (χ3v) is 10.4. The molecule has 2 saturated heterocycles. The number of carbonyl (C=O) groups excluding carboxylic acids is 5. The quantitative estimate of drug-likeness (QED) is 0.0859. The van der Waals surface area contributed by atoms with Gasteiger partial charge in [0.1, 0.15) is 37.1 Å². The van der Waals surface area contributed by atoms with Crippen LogP contribution in [0.4, 0.5) is 0 Å². The Hall–Kier alpha value is -6.41. The zero-order chi connectivity index (χ0) is 46.3. The van der Waals surface area contributed by atoms with Crippen molar-refractivity contribution in [3.63, 3.8) is 0 Å². The Morgan fingerprint density at radius 2 is 1.02 bits per heavy atom. The van der Waals surface area contributed by atoms with Gasteiger partial charge in [0.25, 0.3) is 5.91 Å². The van der Waals surface area contributed by atoms with E-state index in [9.17, 15) is 24.0 Å². The Balaban J connectivity index is 1.32. The van der Waals surface area contributed by atoms with Crippen LogP contribution in [0.3, 0.4) is 0 Å². The predicted octanol–water partition coefficient (Wildman–Crippen LogP) is 5.39. The minimum Gasteiger partial charge on any atom is -0.463 e. The van der Waals surface area contributed by atoms with Crippen molar-refractivity contribution < 1.29 is 66.6 Å². The Morgan fingerprint density at radius 1 is 0.538 bits per heavy atom. The summed E-state index contributed by atoms with van der Waals surface area (Å²) in [5.74, 6) is 2.57. The molecule has 2 aliphatic rings. The number of ether oxygens (including phenoxy) is 9. The van der Waals surface area contributed by atoms with E-state index in [0.717, 1.165) is 37.5 Å². The van der Waals surface area contributed by atoms with E-state index in [1.807, 2.05) is 97.9 Å². The van der Waals surface area contributed by atoms with E-state index in [-0.39, 0.29) is 24.3 Å². The minimum atomic E-state index is -1.51. The Kier molecular flexibility index (Phi) is 17.4. The molecule has 65 heavy (non-hydrogen) atoms. The van der Waals surface area contributed by atoms with Gasteiger partial charge in [0, 0.05) is 33.3 Å². The summed E-state index contributed by atoms with van der Waals surface area (Å²) in [6.07, 6.45) is -10.6. The average molecular weight is 892 g/mol. The second-order valence-electron chi connectivity index (χ2n) is 15.5. The number of carbonyl (C=O) groups is 5. The summed E-state index contributed by atoms with van der Waals surface area (Å²) in [5.41, 5.74) is 3.24. The lowest BCUT2D eigenvalue weighted by atomic mass is 9.94. The first kappa shape index (κ1) is 48.1. The van der Waals surface area contributed by atoms with Gasteiger partial charge in [0.05, 0.1) is 31.5 Å². The van der Waals surface area contributed by atoms with E-state index >= 15 is 0 Å². The van der Waals surface area contributed by atoms with Crippen LogP contribution in [0, 0.1) is 11.8 Å². The van der Waals surface area contributed by atoms with Gasteiger partial charge < -0.3 is 47.9 Å². The van der Waals surface area contributed by atoms with Crippen LogP contribution in [0.15, 0.2) is 115 Å². The molecule has 1 unspecified atom stereocenters. The summed E-state index contributed by atoms with van der Waals surface area (Å²) in [6.45, 7) is 6.71. The summed E-state index contributed by atoms with van der Waals surface area (Å²) in [6, 6.07) is 35.8. The minimum absolute atomic E-state index is 0.0967. The molecule has 10 atom stereocenters. The van der Waals surface area contributed by atoms with Gasteiger partial charge >= 0.3 is 23.9 Å². The molecular weight excluding hydrogens is 839 g/mol. The van der Waals surface area contributed by atoms with Crippen molar-refractivity contribution in [3.8, 4) is 11.8 Å². The van der Waals surface area contributed by atoms with E-state index in [0.29, 0.717) is 6.61 Å². The maximum absolute atomic E-state index is 14.3. The maximum Gasteiger partial charge on any atom is 0.303 e. The molecule has 0 saturated carbocycles. The molecule has 0 aromatic heterocycles. The third kappa shape index (κ3) is 13.8. The normalized spacial score (nSPS) is 24.9. The number of esters is 4. The maximum atomic E-state index is 14.3. The van der Waals surface area contributed by atoms with Crippen LogP contribution < -0.4 is 5.32 Å². The fraction of sp³-hybridized carbons (Fsp3) is 0.380. The lowest BCUT2D eigenvalue weighted by molar-refractivity contribution is -0.255. The van der Waals surface area contributed by atoms with E-state index in [1.54, 1.807) is 18.2 Å². The Bertz CT molecular complexity index is 2280. The van der Waals surface area contributed by atoms with Crippen molar-refractivity contribution in [1.29, 1.82) is 0 Å². The highest BCUT2D eigenvalue weighted by atomic mass is 16.7. The van der Waals surface area contributed by atoms with Crippen molar-refractivity contribution in [3.05, 3.63) is 143 Å². The van der Waals surface area contributed by atoms with Crippen LogP contribution in [0.1, 0.15) is 67.2 Å². The molecule has 2 fully saturated rings. The number of hydrogen-bond acceptors (Lipinski definition) is 14. The van der Waals surface area contributed by atoms with E-state index in [2.05, 4.69) is 17.2 Å². The van der Waals surface area contributed by atoms with E-state index in [1.165, 1.54) is 13.0 Å². The molecule has 0 spiro atoms. The summed E-state index contributed by atoms with van der Waals surface area (Å²) >= 11 is 0. The smallest absolute Gasteiger partial charge is 0.303 e. The molecule has 4 aromatic carbocycles. The number of amides is 1. The molecule has 15 heteroatoms. The van der Waals surface area contributed by atoms with Crippen molar-refractivity contribution in [2.45, 2.75) is 116 Å². The van der Waals surface area contributed by atoms with Gasteiger partial charge in [0.2, 0.25) is 0 Å². The summed E-state index contributed by atoms with van der Waals surface area (Å²) < 4.78 is 54.4. The molecule has 4 aromatic rings. The van der Waals surface area contributed by atoms with Crippen molar-refractivity contribution >= 4 is 29.8 Å². The van der Waals surface area contributed by atoms with Crippen molar-refractivity contribution in [2.24, 2.45) is 0 Å². The monoisotopic (exact) mass is 891 g/mol. The highest BCUT2D eigenvalue weighted by Crippen LogP contribution is 2.32. The summed E-state index contributed by atoms with van der Waals surface area (Å²) in [5, 5.41) is 2.72. The first-order valence-electron chi connectivity index (χ1n) is 21.2. The standard InChI is InChI=1S/C50H53NO14/c1-31-43(58-27-36-17-9-6-10-18-36)46(60-29-38-21-13-8-14-22-38)44(59-28-37-19-11-7-12-20-37)41(61-31)26-25-39-23-15-16-24-40(39)49(56)51-50-48(64-35(5)55)47(63-34(4)54)45(62-33(3)53)42(65-50)30-57-32(2)52/h6-24,31,41-48,50H,27-30H2,1-5H3,(H,51,56)/t31-,41-,42+,43+,44+,45-,46+,47-,48+,50?/m0/s1. The molecule has 2 heterocycles. The van der Waals surface area contributed by atoms with Gasteiger partial charge in [-0.15, -0.1) is 0 Å². The van der Waals surface area contributed by atoms with Crippen molar-refractivity contribution in [2.75, 3.05) is 6.61 Å². The molecule has 2 aliphatic heterocycles. The molecule has 0 aliphatic carbocycles. The summed E-state index contributed by atoms with van der Waals surface area (Å²) in [7, 11) is 0. The second kappa shape index (κ2) is 23.5. The van der Waals surface area contributed by atoms with Crippen LogP contribution >= 0.6 is 0 Å². The fourth-order valence-corrected chi connectivity index (χ4v) is 7.52. The predicted molar refractivity (Wildman–Crippen MR) is 232 cm³/mol. The Morgan fingerprint density at radius 3 is 1.55 bits per heavy atom. The largest absolute Gasteiger partial charge is 0.463 e. The highest BCUT2D eigenvalue weighted by Gasteiger charge is 2.53. The number of hydrogen-bond donors (Lipinski definition) is 1. The first-order valence-corrected chi connectivity index (χ1v) is 21.2. The summed E-state index contributed by atoms with van der Waals surface area (Å²) in [4.78, 5) is 63.1. The van der Waals surface area contributed by atoms with Gasteiger partial charge in [-0.3, -0.25) is 24.0 Å². The van der Waals surface area contributed by atoms with Gasteiger partial charge in [-0.1, -0.05) is 115 Å². The second-order valence-corrected chi connectivity index (χ2v) is 15.5. The van der Waals surface area contributed by atoms with Gasteiger partial charge in [-0.05, 0) is 35.7 Å². The molecule has 0 radical (unpaired) electrons. The number of rotatable bonds is 16. The van der Waals surface area contributed by atoms with Crippen LogP contribution in [-0.2, 0) is 81.6 Å². The van der Waals surface area contributed by atoms with Crippen molar-refractivity contribution in [1.82, 2.24) is 5.32 Å². The zero-order valence-corrected chi connectivity index (χ0v) is 36.8. The molecule has 342 valence electrons. The Labute approximate surface area is 377 Å². The molecule has 1 N–H and O–H groups in total. The topological polar surface area (TPSA) is 180 Å². The first-order chi connectivity index (χ1) is 31.4. The SMILES string of the molecule is CC(=O)OC[C@H]1OC(NC(=O)c2ccccc2C#C[C@@H]2O[C@@H](C)[C@@H](OCc3ccccc3)[C@@H](OCc3ccccc3)[C@@H]2OCc2ccccc2)[C@H](OC(C)=O)[C@@H](OC(C)=O)[C@H]1OC(C)=O. The van der Waals surface area contributed by atoms with E-state index in [4.69, 9.17) is 42.6 Å². The average Bonchev–Trinajstić information content (AvgIpc) is 3.28. The van der Waals surface area contributed by atoms with Gasteiger partial charge in [-0.25, -0.2) is 0 Å². The van der Waals surface area contributed by atoms with E-state index < -0.39 is 97.6 Å². The van der Waals surface area contributed by atoms with Crippen LogP contribution in [-0.4, -0.2) is 97.6 Å². The molecule has 1 amide bonds. The number of nitrogens with one attached hydrogen (secondary N) is 1. The molecule has 6 rings (SSSR count). The third-order valence-electron chi connectivity index (χ3n) is 10.4. The molecular formula is C50H53NO14. The van der Waals surface area contributed by atoms with Gasteiger partial charge in [0.15, 0.2) is 24.5 Å².